The van der Waals surface area contributed by atoms with E-state index in [0.717, 1.165) is 16.6 Å². The van der Waals surface area contributed by atoms with Crippen LogP contribution in [0.15, 0.2) is 11.4 Å². The molecule has 0 bridgehead atoms. The fraction of sp³-hybridized carbons (Fsp3) is 0.538. The number of nitrogens with zero attached hydrogens (tertiary/aromatic N) is 2. The molecule has 2 aromatic heterocycles. The summed E-state index contributed by atoms with van der Waals surface area (Å²) in [6, 6.07) is 1.95. The quantitative estimate of drug-likeness (QED) is 0.770. The van der Waals surface area contributed by atoms with Crippen molar-refractivity contribution < 1.29 is 4.74 Å². The number of hydrogen-bond donors (Lipinski definition) is 0. The summed E-state index contributed by atoms with van der Waals surface area (Å²) in [5.41, 5.74) is 0.874. The van der Waals surface area contributed by atoms with Crippen LogP contribution >= 0.6 is 22.9 Å². The Hall–Kier alpha value is -0.870. The van der Waals surface area contributed by atoms with Crippen LogP contribution in [0.5, 0.6) is 5.88 Å². The number of thiophene rings is 1. The van der Waals surface area contributed by atoms with Gasteiger partial charge in [0, 0.05) is 0 Å². The second-order valence-electron chi connectivity index (χ2n) is 4.85. The van der Waals surface area contributed by atoms with Crippen LogP contribution < -0.4 is 4.74 Å². The zero-order valence-corrected chi connectivity index (χ0v) is 11.8. The third kappa shape index (κ3) is 2.31. The summed E-state index contributed by atoms with van der Waals surface area (Å²) < 4.78 is 7.09. The Morgan fingerprint density at radius 3 is 3.00 bits per heavy atom. The average molecular weight is 283 g/mol. The van der Waals surface area contributed by atoms with E-state index in [0.29, 0.717) is 11.8 Å². The summed E-state index contributed by atoms with van der Waals surface area (Å²) in [5, 5.41) is 2.26. The zero-order chi connectivity index (χ0) is 12.5. The maximum atomic E-state index is 6.09. The van der Waals surface area contributed by atoms with Gasteiger partial charge in [-0.1, -0.05) is 13.3 Å². The normalized spacial score (nSPS) is 24.3. The Morgan fingerprint density at radius 1 is 1.33 bits per heavy atom. The van der Waals surface area contributed by atoms with Crippen molar-refractivity contribution in [2.24, 2.45) is 5.92 Å². The van der Waals surface area contributed by atoms with Crippen molar-refractivity contribution in [3.63, 3.8) is 0 Å². The van der Waals surface area contributed by atoms with Gasteiger partial charge in [-0.3, -0.25) is 0 Å². The first-order valence-corrected chi connectivity index (χ1v) is 7.57. The minimum Gasteiger partial charge on any atom is -0.473 e. The molecule has 2 heterocycles. The van der Waals surface area contributed by atoms with Gasteiger partial charge in [-0.05, 0) is 48.2 Å². The largest absolute Gasteiger partial charge is 0.473 e. The Balaban J connectivity index is 1.91. The summed E-state index contributed by atoms with van der Waals surface area (Å²) in [6.45, 7) is 2.25. The van der Waals surface area contributed by atoms with Crippen LogP contribution in [-0.2, 0) is 0 Å². The van der Waals surface area contributed by atoms with E-state index in [9.17, 15) is 0 Å². The molecule has 3 rings (SSSR count). The molecule has 0 saturated heterocycles. The van der Waals surface area contributed by atoms with Crippen LogP contribution in [-0.4, -0.2) is 16.1 Å². The fourth-order valence-corrected chi connectivity index (χ4v) is 3.42. The first-order chi connectivity index (χ1) is 8.74. The predicted octanol–water partition coefficient (Wildman–Crippen LogP) is 4.30. The van der Waals surface area contributed by atoms with E-state index in [1.165, 1.54) is 19.3 Å². The van der Waals surface area contributed by atoms with E-state index < -0.39 is 0 Å². The number of halogens is 1. The molecule has 18 heavy (non-hydrogen) atoms. The van der Waals surface area contributed by atoms with Crippen molar-refractivity contribution >= 4 is 33.2 Å². The minimum atomic E-state index is 0.259. The van der Waals surface area contributed by atoms with Crippen molar-refractivity contribution in [3.05, 3.63) is 16.7 Å². The van der Waals surface area contributed by atoms with E-state index in [2.05, 4.69) is 16.9 Å². The molecule has 0 spiro atoms. The Morgan fingerprint density at radius 2 is 2.17 bits per heavy atom. The van der Waals surface area contributed by atoms with E-state index in [1.807, 2.05) is 11.4 Å². The van der Waals surface area contributed by atoms with Gasteiger partial charge in [0.2, 0.25) is 11.2 Å². The predicted molar refractivity (Wildman–Crippen MR) is 74.5 cm³/mol. The fourth-order valence-electron chi connectivity index (χ4n) is 2.49. The van der Waals surface area contributed by atoms with Gasteiger partial charge in [-0.15, -0.1) is 11.3 Å². The molecule has 2 unspecified atom stereocenters. The van der Waals surface area contributed by atoms with Crippen LogP contribution in [0.2, 0.25) is 5.28 Å². The van der Waals surface area contributed by atoms with E-state index in [1.54, 1.807) is 11.3 Å². The van der Waals surface area contributed by atoms with Crippen LogP contribution in [0, 0.1) is 5.92 Å². The van der Waals surface area contributed by atoms with Crippen molar-refractivity contribution in [2.45, 2.75) is 38.7 Å². The molecule has 3 nitrogen and oxygen atoms in total. The van der Waals surface area contributed by atoms with Gasteiger partial charge in [-0.25, -0.2) is 4.98 Å². The highest BCUT2D eigenvalue weighted by molar-refractivity contribution is 7.17. The van der Waals surface area contributed by atoms with Crippen LogP contribution in [0.3, 0.4) is 0 Å². The summed E-state index contributed by atoms with van der Waals surface area (Å²) in [7, 11) is 0. The first-order valence-electron chi connectivity index (χ1n) is 6.31. The van der Waals surface area contributed by atoms with Gasteiger partial charge in [0.1, 0.15) is 10.8 Å². The molecule has 0 radical (unpaired) electrons. The molecule has 1 saturated carbocycles. The van der Waals surface area contributed by atoms with Crippen LogP contribution in [0.25, 0.3) is 10.2 Å². The second-order valence-corrected chi connectivity index (χ2v) is 6.10. The smallest absolute Gasteiger partial charge is 0.236 e. The average Bonchev–Trinajstić information content (AvgIpc) is 2.80. The molecular weight excluding hydrogens is 268 g/mol. The van der Waals surface area contributed by atoms with Crippen molar-refractivity contribution in [3.8, 4) is 5.88 Å². The van der Waals surface area contributed by atoms with Crippen molar-refractivity contribution in [2.75, 3.05) is 0 Å². The standard InChI is InChI=1S/C13H15ClN2OS/c1-8-4-2-3-5-10(8)17-12-11-9(6-7-18-11)15-13(14)16-12/h6-8,10H,2-5H2,1H3. The van der Waals surface area contributed by atoms with E-state index in [-0.39, 0.29) is 11.4 Å². The van der Waals surface area contributed by atoms with E-state index in [4.69, 9.17) is 16.3 Å². The molecule has 0 aromatic carbocycles. The molecule has 0 N–H and O–H groups in total. The Kier molecular flexibility index (Phi) is 3.39. The highest BCUT2D eigenvalue weighted by Crippen LogP contribution is 2.33. The Labute approximate surface area is 115 Å². The van der Waals surface area contributed by atoms with Gasteiger partial charge in [0.25, 0.3) is 0 Å². The minimum absolute atomic E-state index is 0.259. The second kappa shape index (κ2) is 5.02. The molecule has 1 fully saturated rings. The first kappa shape index (κ1) is 12.2. The third-order valence-electron chi connectivity index (χ3n) is 3.54. The monoisotopic (exact) mass is 282 g/mol. The zero-order valence-electron chi connectivity index (χ0n) is 10.2. The molecule has 1 aliphatic rings. The van der Waals surface area contributed by atoms with Crippen LogP contribution in [0.1, 0.15) is 32.6 Å². The summed E-state index contributed by atoms with van der Waals surface area (Å²) >= 11 is 7.54. The maximum absolute atomic E-state index is 6.09. The Bertz CT molecular complexity index is 557. The molecule has 1 aliphatic carbocycles. The molecule has 0 aliphatic heterocycles. The maximum Gasteiger partial charge on any atom is 0.236 e. The molecule has 2 atom stereocenters. The molecule has 0 amide bonds. The molecule has 96 valence electrons. The van der Waals surface area contributed by atoms with E-state index >= 15 is 0 Å². The number of rotatable bonds is 2. The number of ether oxygens (including phenoxy) is 1. The topological polar surface area (TPSA) is 35.0 Å². The van der Waals surface area contributed by atoms with Gasteiger partial charge >= 0.3 is 0 Å². The molecule has 5 heteroatoms. The highest BCUT2D eigenvalue weighted by atomic mass is 35.5. The number of aromatic nitrogens is 2. The lowest BCUT2D eigenvalue weighted by atomic mass is 9.88. The van der Waals surface area contributed by atoms with Gasteiger partial charge in [0.05, 0.1) is 5.52 Å². The van der Waals surface area contributed by atoms with Gasteiger partial charge < -0.3 is 4.74 Å². The number of hydrogen-bond acceptors (Lipinski definition) is 4. The molecular formula is C13H15ClN2OS. The lowest BCUT2D eigenvalue weighted by molar-refractivity contribution is 0.0995. The highest BCUT2D eigenvalue weighted by Gasteiger charge is 2.24. The van der Waals surface area contributed by atoms with Crippen molar-refractivity contribution in [1.29, 1.82) is 0 Å². The summed E-state index contributed by atoms with van der Waals surface area (Å²) in [4.78, 5) is 8.44. The lowest BCUT2D eigenvalue weighted by Crippen LogP contribution is -2.28. The molecule has 2 aromatic rings. The van der Waals surface area contributed by atoms with Gasteiger partial charge in [0.15, 0.2) is 0 Å². The third-order valence-corrected chi connectivity index (χ3v) is 4.60. The van der Waals surface area contributed by atoms with Gasteiger partial charge in [-0.2, -0.15) is 4.98 Å². The summed E-state index contributed by atoms with van der Waals surface area (Å²) in [5.74, 6) is 1.24. The van der Waals surface area contributed by atoms with Crippen molar-refractivity contribution in [1.82, 2.24) is 9.97 Å². The lowest BCUT2D eigenvalue weighted by Gasteiger charge is -2.28. The summed E-state index contributed by atoms with van der Waals surface area (Å²) in [6.07, 6.45) is 5.14. The number of fused-ring (bicyclic) bond motifs is 1. The SMILES string of the molecule is CC1CCCCC1Oc1nc(Cl)nc2ccsc12. The van der Waals surface area contributed by atoms with Crippen LogP contribution in [0.4, 0.5) is 0 Å².